The van der Waals surface area contributed by atoms with E-state index in [0.29, 0.717) is 5.25 Å². The molecule has 0 amide bonds. The SMILES string of the molecule is c1ccc([C@H]2CC(c3ccc4ccccc4c3)=Nc3ccccc3S2)cc1. The average Bonchev–Trinajstić information content (AvgIpc) is 2.94. The number of nitrogens with zero attached hydrogens (tertiary/aromatic N) is 1. The standard InChI is InChI=1S/C25H19NS/c1-2-9-19(10-3-1)25-17-23(26-22-12-6-7-13-24(22)27-25)21-15-14-18-8-4-5-11-20(18)16-21/h1-16,25H,17H2/t25-/m1/s1. The molecule has 1 nitrogen and oxygen atoms in total. The summed E-state index contributed by atoms with van der Waals surface area (Å²) in [4.78, 5) is 6.34. The Morgan fingerprint density at radius 1 is 0.704 bits per heavy atom. The fraction of sp³-hybridized carbons (Fsp3) is 0.0800. The predicted octanol–water partition coefficient (Wildman–Crippen LogP) is 7.20. The van der Waals surface area contributed by atoms with Crippen LogP contribution in [-0.2, 0) is 0 Å². The minimum absolute atomic E-state index is 0.361. The summed E-state index contributed by atoms with van der Waals surface area (Å²) in [7, 11) is 0. The molecular weight excluding hydrogens is 346 g/mol. The molecule has 0 saturated heterocycles. The Balaban J connectivity index is 1.63. The van der Waals surface area contributed by atoms with Crippen molar-refractivity contribution in [1.82, 2.24) is 0 Å². The van der Waals surface area contributed by atoms with Crippen molar-refractivity contribution in [3.63, 3.8) is 0 Å². The van der Waals surface area contributed by atoms with Gasteiger partial charge < -0.3 is 0 Å². The molecule has 1 aliphatic heterocycles. The highest BCUT2D eigenvalue weighted by Crippen LogP contribution is 2.45. The van der Waals surface area contributed by atoms with Gasteiger partial charge in [-0.05, 0) is 40.1 Å². The molecule has 0 fully saturated rings. The molecule has 1 heterocycles. The van der Waals surface area contributed by atoms with Crippen LogP contribution in [0.15, 0.2) is 107 Å². The van der Waals surface area contributed by atoms with Crippen molar-refractivity contribution in [3.05, 3.63) is 108 Å². The molecule has 0 radical (unpaired) electrons. The van der Waals surface area contributed by atoms with Gasteiger partial charge in [-0.2, -0.15) is 0 Å². The first-order valence-electron chi connectivity index (χ1n) is 9.24. The molecule has 0 bridgehead atoms. The Hall–Kier alpha value is -2.84. The molecule has 0 N–H and O–H groups in total. The number of benzene rings is 4. The van der Waals surface area contributed by atoms with E-state index in [9.17, 15) is 0 Å². The topological polar surface area (TPSA) is 12.4 Å². The second-order valence-corrected chi connectivity index (χ2v) is 8.05. The molecule has 0 saturated carbocycles. The molecule has 27 heavy (non-hydrogen) atoms. The molecule has 130 valence electrons. The summed E-state index contributed by atoms with van der Waals surface area (Å²) < 4.78 is 0. The third-order valence-electron chi connectivity index (χ3n) is 5.02. The lowest BCUT2D eigenvalue weighted by Gasteiger charge is -2.16. The number of aliphatic imine (C=N–C) groups is 1. The summed E-state index contributed by atoms with van der Waals surface area (Å²) >= 11 is 1.92. The second-order valence-electron chi connectivity index (χ2n) is 6.81. The monoisotopic (exact) mass is 365 g/mol. The van der Waals surface area contributed by atoms with Gasteiger partial charge in [0.25, 0.3) is 0 Å². The predicted molar refractivity (Wildman–Crippen MR) is 116 cm³/mol. The van der Waals surface area contributed by atoms with E-state index in [0.717, 1.165) is 17.8 Å². The fourth-order valence-electron chi connectivity index (χ4n) is 3.62. The van der Waals surface area contributed by atoms with Gasteiger partial charge in [0.2, 0.25) is 0 Å². The van der Waals surface area contributed by atoms with Crippen LogP contribution in [0.2, 0.25) is 0 Å². The molecule has 4 aromatic rings. The van der Waals surface area contributed by atoms with Crippen LogP contribution >= 0.6 is 11.8 Å². The zero-order valence-corrected chi connectivity index (χ0v) is 15.7. The number of hydrogen-bond donors (Lipinski definition) is 0. The Kier molecular flexibility index (Phi) is 4.27. The molecule has 0 unspecified atom stereocenters. The highest BCUT2D eigenvalue weighted by atomic mass is 32.2. The summed E-state index contributed by atoms with van der Waals surface area (Å²) in [6, 6.07) is 34.5. The quantitative estimate of drug-likeness (QED) is 0.366. The van der Waals surface area contributed by atoms with Crippen LogP contribution < -0.4 is 0 Å². The molecule has 5 rings (SSSR count). The zero-order chi connectivity index (χ0) is 18.1. The van der Waals surface area contributed by atoms with Crippen LogP contribution in [0, 0.1) is 0 Å². The first-order valence-corrected chi connectivity index (χ1v) is 10.1. The highest BCUT2D eigenvalue weighted by Gasteiger charge is 2.22. The van der Waals surface area contributed by atoms with E-state index in [2.05, 4.69) is 97.1 Å². The van der Waals surface area contributed by atoms with Gasteiger partial charge in [-0.3, -0.25) is 4.99 Å². The van der Waals surface area contributed by atoms with Gasteiger partial charge in [0.15, 0.2) is 0 Å². The van der Waals surface area contributed by atoms with Crippen LogP contribution in [-0.4, -0.2) is 5.71 Å². The first kappa shape index (κ1) is 16.3. The van der Waals surface area contributed by atoms with Gasteiger partial charge in [-0.15, -0.1) is 11.8 Å². The van der Waals surface area contributed by atoms with E-state index >= 15 is 0 Å². The maximum Gasteiger partial charge on any atom is 0.0769 e. The summed E-state index contributed by atoms with van der Waals surface area (Å²) in [6.07, 6.45) is 0.918. The Morgan fingerprint density at radius 2 is 1.44 bits per heavy atom. The van der Waals surface area contributed by atoms with E-state index in [1.54, 1.807) is 0 Å². The zero-order valence-electron chi connectivity index (χ0n) is 14.9. The van der Waals surface area contributed by atoms with Crippen LogP contribution in [0.1, 0.15) is 22.8 Å². The molecular formula is C25H19NS. The van der Waals surface area contributed by atoms with Crippen molar-refractivity contribution in [1.29, 1.82) is 0 Å². The summed E-state index contributed by atoms with van der Waals surface area (Å²) in [6.45, 7) is 0. The summed E-state index contributed by atoms with van der Waals surface area (Å²) in [5.41, 5.74) is 4.80. The van der Waals surface area contributed by atoms with E-state index in [-0.39, 0.29) is 0 Å². The molecule has 4 aromatic carbocycles. The lowest BCUT2D eigenvalue weighted by Crippen LogP contribution is -2.05. The van der Waals surface area contributed by atoms with E-state index in [1.165, 1.54) is 26.8 Å². The summed E-state index contributed by atoms with van der Waals surface area (Å²) in [5, 5.41) is 2.89. The van der Waals surface area contributed by atoms with Crippen LogP contribution in [0.4, 0.5) is 5.69 Å². The normalized spacial score (nSPS) is 16.4. The number of para-hydroxylation sites is 1. The van der Waals surface area contributed by atoms with Crippen LogP contribution in [0.3, 0.4) is 0 Å². The van der Waals surface area contributed by atoms with Crippen molar-refractivity contribution >= 4 is 33.9 Å². The highest BCUT2D eigenvalue weighted by molar-refractivity contribution is 7.99. The lowest BCUT2D eigenvalue weighted by atomic mass is 9.98. The number of rotatable bonds is 2. The largest absolute Gasteiger partial charge is 0.252 e. The Morgan fingerprint density at radius 3 is 2.33 bits per heavy atom. The minimum Gasteiger partial charge on any atom is -0.252 e. The molecule has 0 spiro atoms. The van der Waals surface area contributed by atoms with Gasteiger partial charge in [-0.1, -0.05) is 78.9 Å². The number of hydrogen-bond acceptors (Lipinski definition) is 2. The van der Waals surface area contributed by atoms with Gasteiger partial charge in [0.1, 0.15) is 0 Å². The Labute approximate surface area is 163 Å². The van der Waals surface area contributed by atoms with Crippen LogP contribution in [0.25, 0.3) is 10.8 Å². The smallest absolute Gasteiger partial charge is 0.0769 e. The fourth-order valence-corrected chi connectivity index (χ4v) is 4.85. The summed E-state index contributed by atoms with van der Waals surface area (Å²) in [5.74, 6) is 0. The minimum atomic E-state index is 0.361. The van der Waals surface area contributed by atoms with Crippen molar-refractivity contribution in [2.75, 3.05) is 0 Å². The van der Waals surface area contributed by atoms with Gasteiger partial charge >= 0.3 is 0 Å². The third-order valence-corrected chi connectivity index (χ3v) is 6.35. The van der Waals surface area contributed by atoms with E-state index < -0.39 is 0 Å². The number of thioether (sulfide) groups is 1. The Bertz CT molecular complexity index is 1130. The van der Waals surface area contributed by atoms with E-state index in [1.807, 2.05) is 11.8 Å². The van der Waals surface area contributed by atoms with Crippen LogP contribution in [0.5, 0.6) is 0 Å². The van der Waals surface area contributed by atoms with E-state index in [4.69, 9.17) is 4.99 Å². The molecule has 0 aromatic heterocycles. The lowest BCUT2D eigenvalue weighted by molar-refractivity contribution is 1.01. The maximum atomic E-state index is 5.09. The number of fused-ring (bicyclic) bond motifs is 2. The first-order chi connectivity index (χ1) is 13.4. The van der Waals surface area contributed by atoms with Crippen molar-refractivity contribution in [2.24, 2.45) is 4.99 Å². The molecule has 1 atom stereocenters. The average molecular weight is 366 g/mol. The van der Waals surface area contributed by atoms with Gasteiger partial charge in [-0.25, -0.2) is 0 Å². The van der Waals surface area contributed by atoms with Crippen molar-refractivity contribution in [3.8, 4) is 0 Å². The molecule has 1 aliphatic rings. The van der Waals surface area contributed by atoms with Crippen molar-refractivity contribution in [2.45, 2.75) is 16.6 Å². The second kappa shape index (κ2) is 7.05. The van der Waals surface area contributed by atoms with Crippen molar-refractivity contribution < 1.29 is 0 Å². The van der Waals surface area contributed by atoms with Gasteiger partial charge in [0.05, 0.1) is 5.69 Å². The maximum absolute atomic E-state index is 5.09. The molecule has 2 heteroatoms. The molecule has 0 aliphatic carbocycles. The third kappa shape index (κ3) is 3.29. The van der Waals surface area contributed by atoms with Gasteiger partial charge in [0, 0.05) is 22.3 Å².